The molecule has 0 aromatic heterocycles. The van der Waals surface area contributed by atoms with E-state index in [-0.39, 0.29) is 17.7 Å². The van der Waals surface area contributed by atoms with Gasteiger partial charge < -0.3 is 19.9 Å². The number of ether oxygens (including phenoxy) is 3. The summed E-state index contributed by atoms with van der Waals surface area (Å²) in [6.45, 7) is 4.12. The van der Waals surface area contributed by atoms with Gasteiger partial charge in [0.05, 0.1) is 12.7 Å². The Labute approximate surface area is 114 Å². The number of rotatable bonds is 4. The predicted octanol–water partition coefficient (Wildman–Crippen LogP) is 2.66. The Bertz CT molecular complexity index is 445. The number of fused-ring (bicyclic) bond motifs is 1. The van der Waals surface area contributed by atoms with E-state index in [4.69, 9.17) is 19.9 Å². The summed E-state index contributed by atoms with van der Waals surface area (Å²) in [4.78, 5) is 0. The second kappa shape index (κ2) is 5.39. The monoisotopic (exact) mass is 265 g/mol. The van der Waals surface area contributed by atoms with Gasteiger partial charge in [-0.2, -0.15) is 0 Å². The molecular formula is C15H23NO3. The first-order valence-corrected chi connectivity index (χ1v) is 6.60. The first kappa shape index (κ1) is 14.2. The van der Waals surface area contributed by atoms with Gasteiger partial charge in [0.1, 0.15) is 17.6 Å². The number of hydrogen-bond acceptors (Lipinski definition) is 4. The average Bonchev–Trinajstić information content (AvgIpc) is 2.38. The van der Waals surface area contributed by atoms with Gasteiger partial charge in [0.2, 0.25) is 0 Å². The van der Waals surface area contributed by atoms with Gasteiger partial charge in [0.15, 0.2) is 0 Å². The van der Waals surface area contributed by atoms with Gasteiger partial charge in [-0.3, -0.25) is 0 Å². The van der Waals surface area contributed by atoms with Crippen LogP contribution in [-0.2, 0) is 4.74 Å². The summed E-state index contributed by atoms with van der Waals surface area (Å²) >= 11 is 0. The van der Waals surface area contributed by atoms with Crippen LogP contribution in [0.1, 0.15) is 38.3 Å². The van der Waals surface area contributed by atoms with E-state index in [1.807, 2.05) is 18.2 Å². The van der Waals surface area contributed by atoms with Gasteiger partial charge in [-0.05, 0) is 32.0 Å². The van der Waals surface area contributed by atoms with Crippen molar-refractivity contribution >= 4 is 0 Å². The summed E-state index contributed by atoms with van der Waals surface area (Å²) in [7, 11) is 3.38. The fourth-order valence-corrected chi connectivity index (χ4v) is 2.45. The third-order valence-electron chi connectivity index (χ3n) is 3.70. The topological polar surface area (TPSA) is 53.7 Å². The quantitative estimate of drug-likeness (QED) is 0.909. The molecule has 2 atom stereocenters. The molecule has 1 unspecified atom stereocenters. The van der Waals surface area contributed by atoms with Crippen LogP contribution in [0.25, 0.3) is 0 Å². The molecule has 1 heterocycles. The molecule has 1 aliphatic heterocycles. The van der Waals surface area contributed by atoms with E-state index in [9.17, 15) is 0 Å². The Hall–Kier alpha value is -1.26. The van der Waals surface area contributed by atoms with Gasteiger partial charge in [-0.25, -0.2) is 0 Å². The normalized spacial score (nSPS) is 22.6. The lowest BCUT2D eigenvalue weighted by Crippen LogP contribution is -2.36. The molecule has 4 nitrogen and oxygen atoms in total. The summed E-state index contributed by atoms with van der Waals surface area (Å²) in [5.41, 5.74) is 7.06. The van der Waals surface area contributed by atoms with E-state index in [1.54, 1.807) is 14.2 Å². The molecule has 1 aliphatic rings. The third kappa shape index (κ3) is 3.19. The second-order valence-electron chi connectivity index (χ2n) is 5.65. The molecule has 0 fully saturated rings. The molecule has 2 rings (SSSR count). The lowest BCUT2D eigenvalue weighted by atomic mass is 9.91. The maximum atomic E-state index is 6.24. The minimum Gasteiger partial charge on any atom is -0.497 e. The van der Waals surface area contributed by atoms with Crippen molar-refractivity contribution in [2.75, 3.05) is 14.2 Å². The van der Waals surface area contributed by atoms with Gasteiger partial charge in [0.25, 0.3) is 0 Å². The molecule has 19 heavy (non-hydrogen) atoms. The fourth-order valence-electron chi connectivity index (χ4n) is 2.45. The third-order valence-corrected chi connectivity index (χ3v) is 3.70. The minimum absolute atomic E-state index is 0.0171. The van der Waals surface area contributed by atoms with E-state index >= 15 is 0 Å². The zero-order chi connectivity index (χ0) is 14.0. The number of nitrogens with two attached hydrogens (primary N) is 1. The summed E-state index contributed by atoms with van der Waals surface area (Å²) in [6, 6.07) is 5.77. The first-order chi connectivity index (χ1) is 8.95. The molecule has 1 aromatic rings. The average molecular weight is 265 g/mol. The standard InChI is InChI=1S/C15H23NO3/c1-15(2,18-4)9-11-8-13(16)12-7-10(17-3)5-6-14(12)19-11/h5-7,11,13H,8-9,16H2,1-4H3/t11?,13-/m0/s1. The van der Waals surface area contributed by atoms with Crippen molar-refractivity contribution < 1.29 is 14.2 Å². The van der Waals surface area contributed by atoms with Crippen LogP contribution in [0.15, 0.2) is 18.2 Å². The highest BCUT2D eigenvalue weighted by molar-refractivity contribution is 5.43. The van der Waals surface area contributed by atoms with Gasteiger partial charge in [-0.15, -0.1) is 0 Å². The number of methoxy groups -OCH3 is 2. The lowest BCUT2D eigenvalue weighted by Gasteiger charge is -2.34. The zero-order valence-electron chi connectivity index (χ0n) is 12.1. The van der Waals surface area contributed by atoms with Crippen LogP contribution in [0.3, 0.4) is 0 Å². The van der Waals surface area contributed by atoms with Crippen LogP contribution in [0.5, 0.6) is 11.5 Å². The molecule has 0 saturated carbocycles. The SMILES string of the molecule is COc1ccc2c(c1)[C@@H](N)CC(CC(C)(C)OC)O2. The Morgan fingerprint density at radius 3 is 2.74 bits per heavy atom. The van der Waals surface area contributed by atoms with Crippen molar-refractivity contribution in [2.24, 2.45) is 5.73 Å². The van der Waals surface area contributed by atoms with E-state index in [0.29, 0.717) is 0 Å². The lowest BCUT2D eigenvalue weighted by molar-refractivity contribution is -0.0194. The molecule has 1 aromatic carbocycles. The molecule has 106 valence electrons. The molecule has 0 amide bonds. The van der Waals surface area contributed by atoms with E-state index in [1.165, 1.54) is 0 Å². The van der Waals surface area contributed by atoms with Gasteiger partial charge in [-0.1, -0.05) is 0 Å². The van der Waals surface area contributed by atoms with Crippen LogP contribution >= 0.6 is 0 Å². The Kier molecular flexibility index (Phi) is 4.02. The summed E-state index contributed by atoms with van der Waals surface area (Å²) in [6.07, 6.45) is 1.71. The highest BCUT2D eigenvalue weighted by Crippen LogP contribution is 2.38. The van der Waals surface area contributed by atoms with Crippen LogP contribution < -0.4 is 15.2 Å². The molecule has 0 radical (unpaired) electrons. The van der Waals surface area contributed by atoms with Crippen molar-refractivity contribution in [3.05, 3.63) is 23.8 Å². The molecule has 2 N–H and O–H groups in total. The summed E-state index contributed by atoms with van der Waals surface area (Å²) < 4.78 is 16.7. The van der Waals surface area contributed by atoms with Crippen LogP contribution in [0.2, 0.25) is 0 Å². The maximum absolute atomic E-state index is 6.24. The second-order valence-corrected chi connectivity index (χ2v) is 5.65. The van der Waals surface area contributed by atoms with E-state index < -0.39 is 0 Å². The largest absolute Gasteiger partial charge is 0.497 e. The first-order valence-electron chi connectivity index (χ1n) is 6.60. The van der Waals surface area contributed by atoms with Gasteiger partial charge >= 0.3 is 0 Å². The van der Waals surface area contributed by atoms with Crippen molar-refractivity contribution in [2.45, 2.75) is 44.4 Å². The van der Waals surface area contributed by atoms with E-state index in [2.05, 4.69) is 13.8 Å². The van der Waals surface area contributed by atoms with Crippen LogP contribution in [0, 0.1) is 0 Å². The number of hydrogen-bond donors (Lipinski definition) is 1. The van der Waals surface area contributed by atoms with Crippen molar-refractivity contribution in [1.82, 2.24) is 0 Å². The highest BCUT2D eigenvalue weighted by Gasteiger charge is 2.31. The van der Waals surface area contributed by atoms with Crippen molar-refractivity contribution in [3.63, 3.8) is 0 Å². The molecule has 0 bridgehead atoms. The Balaban J connectivity index is 2.16. The molecule has 0 aliphatic carbocycles. The van der Waals surface area contributed by atoms with Crippen LogP contribution in [-0.4, -0.2) is 25.9 Å². The summed E-state index contributed by atoms with van der Waals surface area (Å²) in [5.74, 6) is 1.67. The smallest absolute Gasteiger partial charge is 0.124 e. The Morgan fingerprint density at radius 1 is 1.37 bits per heavy atom. The molecular weight excluding hydrogens is 242 g/mol. The maximum Gasteiger partial charge on any atom is 0.124 e. The predicted molar refractivity (Wildman–Crippen MR) is 74.7 cm³/mol. The van der Waals surface area contributed by atoms with Crippen molar-refractivity contribution in [1.29, 1.82) is 0 Å². The zero-order valence-corrected chi connectivity index (χ0v) is 12.1. The fraction of sp³-hybridized carbons (Fsp3) is 0.600. The molecule has 0 spiro atoms. The highest BCUT2D eigenvalue weighted by atomic mass is 16.5. The molecule has 0 saturated heterocycles. The van der Waals surface area contributed by atoms with E-state index in [0.717, 1.165) is 29.9 Å². The summed E-state index contributed by atoms with van der Waals surface area (Å²) in [5, 5.41) is 0. The number of benzene rings is 1. The minimum atomic E-state index is -0.200. The Morgan fingerprint density at radius 2 is 2.11 bits per heavy atom. The van der Waals surface area contributed by atoms with Crippen LogP contribution in [0.4, 0.5) is 0 Å². The van der Waals surface area contributed by atoms with Crippen molar-refractivity contribution in [3.8, 4) is 11.5 Å². The van der Waals surface area contributed by atoms with Gasteiger partial charge in [0, 0.05) is 31.6 Å². The molecule has 4 heteroatoms.